The van der Waals surface area contributed by atoms with Crippen molar-refractivity contribution in [1.82, 2.24) is 14.7 Å². The monoisotopic (exact) mass is 427 g/mol. The molecule has 2 aromatic rings. The maximum absolute atomic E-state index is 13.4. The summed E-state index contributed by atoms with van der Waals surface area (Å²) >= 11 is 0. The van der Waals surface area contributed by atoms with E-state index >= 15 is 0 Å². The van der Waals surface area contributed by atoms with Gasteiger partial charge < -0.3 is 4.90 Å². The van der Waals surface area contributed by atoms with Crippen LogP contribution in [0.15, 0.2) is 48.5 Å². The van der Waals surface area contributed by atoms with Crippen molar-refractivity contribution in [3.8, 4) is 0 Å². The summed E-state index contributed by atoms with van der Waals surface area (Å²) in [5.74, 6) is -0.273. The zero-order chi connectivity index (χ0) is 21.5. The van der Waals surface area contributed by atoms with Gasteiger partial charge in [0.05, 0.1) is 6.67 Å². The molecule has 0 amide bonds. The Kier molecular flexibility index (Phi) is 8.06. The number of benzene rings is 2. The molecule has 4 rings (SSSR count). The summed E-state index contributed by atoms with van der Waals surface area (Å²) in [5.41, 5.74) is 2.19. The Morgan fingerprint density at radius 1 is 0.613 bits per heavy atom. The van der Waals surface area contributed by atoms with Gasteiger partial charge in [0.15, 0.2) is 0 Å². The zero-order valence-electron chi connectivity index (χ0n) is 18.5. The standard InChI is InChI=1S/C26H35F2N3/c27-24-10-6-22(7-11-24)26(23-8-12-25(28)13-9-23)5-4-16-30-19-20-31(21-30)18-17-29-14-2-1-3-15-29/h6-13,26H,1-5,14-21H2. The lowest BCUT2D eigenvalue weighted by atomic mass is 9.87. The van der Waals surface area contributed by atoms with Gasteiger partial charge in [0.2, 0.25) is 0 Å². The second-order valence-corrected chi connectivity index (χ2v) is 9.08. The second-order valence-electron chi connectivity index (χ2n) is 9.08. The van der Waals surface area contributed by atoms with Gasteiger partial charge >= 0.3 is 0 Å². The van der Waals surface area contributed by atoms with Crippen LogP contribution < -0.4 is 0 Å². The van der Waals surface area contributed by atoms with Crippen LogP contribution in [0.1, 0.15) is 49.1 Å². The largest absolute Gasteiger partial charge is 0.302 e. The van der Waals surface area contributed by atoms with Crippen molar-refractivity contribution in [2.45, 2.75) is 38.0 Å². The highest BCUT2D eigenvalue weighted by molar-refractivity contribution is 5.32. The summed E-state index contributed by atoms with van der Waals surface area (Å²) in [5, 5.41) is 0. The van der Waals surface area contributed by atoms with E-state index in [1.807, 2.05) is 24.3 Å². The van der Waals surface area contributed by atoms with Gasteiger partial charge in [-0.05, 0) is 80.7 Å². The van der Waals surface area contributed by atoms with Crippen molar-refractivity contribution in [1.29, 1.82) is 0 Å². The lowest BCUT2D eigenvalue weighted by Crippen LogP contribution is -2.37. The fourth-order valence-corrected chi connectivity index (χ4v) is 4.97. The highest BCUT2D eigenvalue weighted by Crippen LogP contribution is 2.30. The van der Waals surface area contributed by atoms with E-state index in [2.05, 4.69) is 14.7 Å². The first kappa shape index (κ1) is 22.4. The summed E-state index contributed by atoms with van der Waals surface area (Å²) in [4.78, 5) is 7.73. The highest BCUT2D eigenvalue weighted by atomic mass is 19.1. The van der Waals surface area contributed by atoms with E-state index in [0.29, 0.717) is 0 Å². The molecule has 2 aromatic carbocycles. The van der Waals surface area contributed by atoms with Crippen LogP contribution in [0.5, 0.6) is 0 Å². The van der Waals surface area contributed by atoms with Gasteiger partial charge in [0.1, 0.15) is 11.6 Å². The predicted molar refractivity (Wildman–Crippen MR) is 122 cm³/mol. The molecule has 0 radical (unpaired) electrons. The van der Waals surface area contributed by atoms with E-state index < -0.39 is 0 Å². The Morgan fingerprint density at radius 2 is 1.13 bits per heavy atom. The Balaban J connectivity index is 1.26. The van der Waals surface area contributed by atoms with Crippen molar-refractivity contribution < 1.29 is 8.78 Å². The topological polar surface area (TPSA) is 9.72 Å². The van der Waals surface area contributed by atoms with Gasteiger partial charge in [-0.2, -0.15) is 0 Å². The molecular formula is C26H35F2N3. The van der Waals surface area contributed by atoms with Gasteiger partial charge in [-0.25, -0.2) is 8.78 Å². The van der Waals surface area contributed by atoms with E-state index in [0.717, 1.165) is 50.3 Å². The van der Waals surface area contributed by atoms with Crippen LogP contribution in [0.4, 0.5) is 8.78 Å². The fraction of sp³-hybridized carbons (Fsp3) is 0.538. The molecule has 2 aliphatic rings. The Morgan fingerprint density at radius 3 is 1.71 bits per heavy atom. The van der Waals surface area contributed by atoms with E-state index in [9.17, 15) is 8.78 Å². The molecule has 0 spiro atoms. The van der Waals surface area contributed by atoms with Crippen molar-refractivity contribution in [2.75, 3.05) is 52.5 Å². The summed E-state index contributed by atoms with van der Waals surface area (Å²) in [6.07, 6.45) is 6.15. The summed E-state index contributed by atoms with van der Waals surface area (Å²) in [6.45, 7) is 9.34. The maximum Gasteiger partial charge on any atom is 0.123 e. The number of nitrogens with zero attached hydrogens (tertiary/aromatic N) is 3. The first-order valence-electron chi connectivity index (χ1n) is 11.9. The van der Waals surface area contributed by atoms with Crippen LogP contribution in [0, 0.1) is 11.6 Å². The molecule has 0 aromatic heterocycles. The third-order valence-corrected chi connectivity index (χ3v) is 6.83. The minimum Gasteiger partial charge on any atom is -0.302 e. The summed E-state index contributed by atoms with van der Waals surface area (Å²) in [7, 11) is 0. The van der Waals surface area contributed by atoms with Crippen molar-refractivity contribution in [3.05, 3.63) is 71.3 Å². The van der Waals surface area contributed by atoms with Gasteiger partial charge in [-0.1, -0.05) is 30.7 Å². The number of rotatable bonds is 9. The molecule has 0 aliphatic carbocycles. The van der Waals surface area contributed by atoms with Gasteiger partial charge in [-0.15, -0.1) is 0 Å². The molecular weight excluding hydrogens is 392 g/mol. The molecule has 2 aliphatic heterocycles. The van der Waals surface area contributed by atoms with Crippen LogP contribution in [0.2, 0.25) is 0 Å². The number of hydrogen-bond acceptors (Lipinski definition) is 3. The molecule has 2 heterocycles. The molecule has 3 nitrogen and oxygen atoms in total. The SMILES string of the molecule is Fc1ccc(C(CCCN2CCN(CCN3CCCCC3)C2)c2ccc(F)cc2)cc1. The predicted octanol–water partition coefficient (Wildman–Crippen LogP) is 4.94. The minimum absolute atomic E-state index is 0.166. The molecule has 168 valence electrons. The van der Waals surface area contributed by atoms with E-state index in [1.54, 1.807) is 0 Å². The Hall–Kier alpha value is -1.82. The van der Waals surface area contributed by atoms with Crippen LogP contribution in [-0.2, 0) is 0 Å². The zero-order valence-corrected chi connectivity index (χ0v) is 18.5. The minimum atomic E-state index is -0.219. The smallest absolute Gasteiger partial charge is 0.123 e. The third kappa shape index (κ3) is 6.58. The van der Waals surface area contributed by atoms with E-state index in [1.165, 1.54) is 69.7 Å². The molecule has 0 bridgehead atoms. The summed E-state index contributed by atoms with van der Waals surface area (Å²) in [6, 6.07) is 13.5. The highest BCUT2D eigenvalue weighted by Gasteiger charge is 2.21. The molecule has 2 fully saturated rings. The molecule has 0 saturated carbocycles. The maximum atomic E-state index is 13.4. The van der Waals surface area contributed by atoms with E-state index in [4.69, 9.17) is 0 Å². The van der Waals surface area contributed by atoms with E-state index in [-0.39, 0.29) is 17.6 Å². The Labute approximate surface area is 185 Å². The lowest BCUT2D eigenvalue weighted by Gasteiger charge is -2.28. The van der Waals surface area contributed by atoms with Gasteiger partial charge in [0, 0.05) is 32.1 Å². The number of hydrogen-bond donors (Lipinski definition) is 0. The molecule has 5 heteroatoms. The average molecular weight is 428 g/mol. The van der Waals surface area contributed by atoms with Crippen LogP contribution >= 0.6 is 0 Å². The van der Waals surface area contributed by atoms with Crippen LogP contribution in [-0.4, -0.2) is 67.2 Å². The van der Waals surface area contributed by atoms with Crippen LogP contribution in [0.25, 0.3) is 0 Å². The quantitative estimate of drug-likeness (QED) is 0.561. The molecule has 31 heavy (non-hydrogen) atoms. The lowest BCUT2D eigenvalue weighted by molar-refractivity contribution is 0.180. The Bertz CT molecular complexity index is 742. The van der Waals surface area contributed by atoms with Crippen molar-refractivity contribution in [2.24, 2.45) is 0 Å². The number of piperidine rings is 1. The second kappa shape index (κ2) is 11.2. The molecule has 2 saturated heterocycles. The first-order valence-corrected chi connectivity index (χ1v) is 11.9. The number of halogens is 2. The molecule has 0 unspecified atom stereocenters. The van der Waals surface area contributed by atoms with Gasteiger partial charge in [0.25, 0.3) is 0 Å². The summed E-state index contributed by atoms with van der Waals surface area (Å²) < 4.78 is 26.8. The van der Waals surface area contributed by atoms with Gasteiger partial charge in [-0.3, -0.25) is 9.80 Å². The van der Waals surface area contributed by atoms with Crippen molar-refractivity contribution in [3.63, 3.8) is 0 Å². The average Bonchev–Trinajstić information content (AvgIpc) is 3.25. The first-order chi connectivity index (χ1) is 15.2. The number of likely N-dealkylation sites (tertiary alicyclic amines) is 1. The normalized spacial score (nSPS) is 18.8. The van der Waals surface area contributed by atoms with Crippen molar-refractivity contribution >= 4 is 0 Å². The molecule has 0 N–H and O–H groups in total. The fourth-order valence-electron chi connectivity index (χ4n) is 4.97. The molecule has 0 atom stereocenters. The van der Waals surface area contributed by atoms with Crippen LogP contribution in [0.3, 0.4) is 0 Å². The third-order valence-electron chi connectivity index (χ3n) is 6.83.